The Morgan fingerprint density at radius 2 is 1.86 bits per heavy atom. The van der Waals surface area contributed by atoms with E-state index in [1.54, 1.807) is 0 Å². The Hall–Kier alpha value is -1.61. The van der Waals surface area contributed by atoms with Crippen molar-refractivity contribution >= 4 is 11.7 Å². The van der Waals surface area contributed by atoms with E-state index in [4.69, 9.17) is 15.5 Å². The van der Waals surface area contributed by atoms with Gasteiger partial charge in [-0.25, -0.2) is 0 Å². The van der Waals surface area contributed by atoms with Gasteiger partial charge in [-0.3, -0.25) is 15.1 Å². The van der Waals surface area contributed by atoms with Crippen molar-refractivity contribution in [3.8, 4) is 6.19 Å². The molecule has 5 fully saturated rings. The van der Waals surface area contributed by atoms with Gasteiger partial charge in [0.15, 0.2) is 6.19 Å². The minimum atomic E-state index is -0.622. The highest BCUT2D eigenvalue weighted by molar-refractivity contribution is 5.91. The summed E-state index contributed by atoms with van der Waals surface area (Å²) in [6.45, 7) is 4.75. The summed E-state index contributed by atoms with van der Waals surface area (Å²) in [6.07, 6.45) is 13.4. The van der Waals surface area contributed by atoms with Gasteiger partial charge in [0, 0.05) is 5.41 Å². The van der Waals surface area contributed by atoms with Gasteiger partial charge in [-0.15, -0.1) is 0 Å². The number of nitrogens with zero attached hydrogens (tertiary/aromatic N) is 2. The fourth-order valence-electron chi connectivity index (χ4n) is 6.80. The maximum atomic E-state index is 12.2. The summed E-state index contributed by atoms with van der Waals surface area (Å²) in [4.78, 5) is 17.3. The van der Waals surface area contributed by atoms with Crippen LogP contribution in [0.4, 0.5) is 0 Å². The molecule has 0 aromatic heterocycles. The summed E-state index contributed by atoms with van der Waals surface area (Å²) < 4.78 is 6.32. The molecule has 6 heteroatoms. The fraction of sp³-hybridized carbons (Fsp3) is 0.870. The normalized spacial score (nSPS) is 37.3. The smallest absolute Gasteiger partial charge is 0.223 e. The molecular weight excluding hydrogens is 364 g/mol. The molecule has 0 saturated heterocycles. The molecule has 0 spiro atoms. The number of amides is 1. The average molecular weight is 401 g/mol. The number of nitrogens with one attached hydrogen (secondary N) is 1. The molecular formula is C23H36N4O2. The molecule has 29 heavy (non-hydrogen) atoms. The molecule has 0 aromatic carbocycles. The van der Waals surface area contributed by atoms with Crippen LogP contribution < -0.4 is 11.1 Å². The molecule has 2 atom stereocenters. The van der Waals surface area contributed by atoms with Gasteiger partial charge in [-0.05, 0) is 82.5 Å². The van der Waals surface area contributed by atoms with Crippen molar-refractivity contribution in [1.82, 2.24) is 5.32 Å². The summed E-state index contributed by atoms with van der Waals surface area (Å²) in [5.41, 5.74) is 4.89. The number of ether oxygens (including phenoxy) is 1. The van der Waals surface area contributed by atoms with Crippen LogP contribution in [0.25, 0.3) is 0 Å². The molecule has 0 aromatic rings. The topological polar surface area (TPSA) is 100 Å². The van der Waals surface area contributed by atoms with Crippen LogP contribution in [0.1, 0.15) is 78.1 Å². The van der Waals surface area contributed by atoms with Crippen LogP contribution in [-0.4, -0.2) is 30.0 Å². The zero-order valence-electron chi connectivity index (χ0n) is 18.0. The third-order valence-electron chi connectivity index (χ3n) is 8.17. The lowest BCUT2D eigenvalue weighted by atomic mass is 9.48. The van der Waals surface area contributed by atoms with Crippen molar-refractivity contribution in [3.05, 3.63) is 0 Å². The van der Waals surface area contributed by atoms with Crippen molar-refractivity contribution < 1.29 is 9.53 Å². The SMILES string of the molecule is CC(C)(OCC1CCCCC1)C(=NC1C2CC3CC1CC(C(N)=O)(C3)C2)NC#N. The van der Waals surface area contributed by atoms with E-state index in [0.717, 1.165) is 38.7 Å². The molecule has 4 bridgehead atoms. The lowest BCUT2D eigenvalue weighted by molar-refractivity contribution is -0.144. The molecule has 160 valence electrons. The molecule has 0 aliphatic heterocycles. The zero-order chi connectivity index (χ0) is 20.6. The van der Waals surface area contributed by atoms with Gasteiger partial charge in [0.05, 0.1) is 12.6 Å². The monoisotopic (exact) mass is 400 g/mol. The van der Waals surface area contributed by atoms with Gasteiger partial charge in [-0.1, -0.05) is 19.3 Å². The maximum absolute atomic E-state index is 12.2. The van der Waals surface area contributed by atoms with E-state index in [1.165, 1.54) is 32.1 Å². The van der Waals surface area contributed by atoms with E-state index in [9.17, 15) is 10.1 Å². The first kappa shape index (κ1) is 20.7. The zero-order valence-corrected chi connectivity index (χ0v) is 18.0. The molecule has 2 unspecified atom stereocenters. The Bertz CT molecular complexity index is 688. The number of carbonyl (C=O) groups is 1. The predicted octanol–water partition coefficient (Wildman–Crippen LogP) is 3.51. The lowest BCUT2D eigenvalue weighted by Crippen LogP contribution is -2.58. The van der Waals surface area contributed by atoms with E-state index in [1.807, 2.05) is 13.8 Å². The maximum Gasteiger partial charge on any atom is 0.223 e. The number of rotatable bonds is 6. The van der Waals surface area contributed by atoms with Gasteiger partial charge in [0.1, 0.15) is 11.4 Å². The number of amidine groups is 1. The molecule has 5 aliphatic carbocycles. The van der Waals surface area contributed by atoms with Crippen molar-refractivity contribution in [3.63, 3.8) is 0 Å². The highest BCUT2D eigenvalue weighted by atomic mass is 16.5. The van der Waals surface area contributed by atoms with Gasteiger partial charge < -0.3 is 10.5 Å². The van der Waals surface area contributed by atoms with Crippen molar-refractivity contribution in [2.24, 2.45) is 39.8 Å². The molecule has 0 heterocycles. The number of hydrogen-bond acceptors (Lipinski definition) is 4. The third-order valence-corrected chi connectivity index (χ3v) is 8.17. The van der Waals surface area contributed by atoms with Gasteiger partial charge in [-0.2, -0.15) is 5.26 Å². The van der Waals surface area contributed by atoms with Crippen LogP contribution in [0.3, 0.4) is 0 Å². The number of primary amides is 1. The van der Waals surface area contributed by atoms with E-state index >= 15 is 0 Å². The third kappa shape index (κ3) is 4.03. The molecule has 0 radical (unpaired) electrons. The van der Waals surface area contributed by atoms with Crippen molar-refractivity contribution in [2.45, 2.75) is 89.7 Å². The van der Waals surface area contributed by atoms with Crippen molar-refractivity contribution in [2.75, 3.05) is 6.61 Å². The average Bonchev–Trinajstić information content (AvgIpc) is 2.68. The Balaban J connectivity index is 1.49. The summed E-state index contributed by atoms with van der Waals surface area (Å²) in [7, 11) is 0. The largest absolute Gasteiger partial charge is 0.369 e. The van der Waals surface area contributed by atoms with E-state index in [2.05, 4.69) is 11.5 Å². The Labute approximate surface area is 174 Å². The Morgan fingerprint density at radius 3 is 2.45 bits per heavy atom. The van der Waals surface area contributed by atoms with Crippen molar-refractivity contribution in [1.29, 1.82) is 5.26 Å². The second kappa shape index (κ2) is 7.91. The molecule has 5 saturated carbocycles. The number of aliphatic imine (C=N–C) groups is 1. The van der Waals surface area contributed by atoms with E-state index in [0.29, 0.717) is 29.5 Å². The van der Waals surface area contributed by atoms with Crippen LogP contribution in [0.2, 0.25) is 0 Å². The summed E-state index contributed by atoms with van der Waals surface area (Å²) >= 11 is 0. The van der Waals surface area contributed by atoms with Gasteiger partial charge in [0.25, 0.3) is 0 Å². The molecule has 6 nitrogen and oxygen atoms in total. The second-order valence-corrected chi connectivity index (χ2v) is 10.6. The quantitative estimate of drug-likeness (QED) is 0.308. The Morgan fingerprint density at radius 1 is 1.21 bits per heavy atom. The second-order valence-electron chi connectivity index (χ2n) is 10.6. The first-order chi connectivity index (χ1) is 13.8. The summed E-state index contributed by atoms with van der Waals surface area (Å²) in [5.74, 6) is 2.52. The number of hydrogen-bond donors (Lipinski definition) is 2. The first-order valence-corrected chi connectivity index (χ1v) is 11.5. The highest BCUT2D eigenvalue weighted by Gasteiger charge is 2.58. The summed E-state index contributed by atoms with van der Waals surface area (Å²) in [6, 6.07) is 0.160. The number of nitrogens with two attached hydrogens (primary N) is 1. The van der Waals surface area contributed by atoms with Crippen LogP contribution in [0.5, 0.6) is 0 Å². The number of carbonyl (C=O) groups excluding carboxylic acids is 1. The standard InChI is InChI=1S/C23H36N4O2/c1-22(2,29-13-15-6-4-3-5-7-15)21(26-14-24)27-19-17-8-16-9-18(19)12-23(10-16,11-17)20(25)28/h15-19H,3-13H2,1-2H3,(H2,25,28)(H,26,27). The van der Waals surface area contributed by atoms with Gasteiger partial charge in [0.2, 0.25) is 5.91 Å². The van der Waals surface area contributed by atoms with Crippen LogP contribution in [0.15, 0.2) is 4.99 Å². The van der Waals surface area contributed by atoms with Crippen LogP contribution >= 0.6 is 0 Å². The lowest BCUT2D eigenvalue weighted by Gasteiger charge is -2.57. The van der Waals surface area contributed by atoms with Gasteiger partial charge >= 0.3 is 0 Å². The predicted molar refractivity (Wildman–Crippen MR) is 112 cm³/mol. The molecule has 3 N–H and O–H groups in total. The molecule has 5 rings (SSSR count). The molecule has 5 aliphatic rings. The minimum Gasteiger partial charge on any atom is -0.369 e. The molecule has 1 amide bonds. The minimum absolute atomic E-state index is 0.120. The summed E-state index contributed by atoms with van der Waals surface area (Å²) in [5, 5.41) is 12.2. The first-order valence-electron chi connectivity index (χ1n) is 11.5. The van der Waals surface area contributed by atoms with E-state index in [-0.39, 0.29) is 17.4 Å². The fourth-order valence-corrected chi connectivity index (χ4v) is 6.80. The van der Waals surface area contributed by atoms with Crippen LogP contribution in [-0.2, 0) is 9.53 Å². The Kier molecular flexibility index (Phi) is 5.63. The van der Waals surface area contributed by atoms with Crippen LogP contribution in [0, 0.1) is 40.5 Å². The highest BCUT2D eigenvalue weighted by Crippen LogP contribution is 2.60. The number of nitriles is 1. The van der Waals surface area contributed by atoms with E-state index < -0.39 is 5.60 Å².